The molecule has 0 fully saturated rings. The van der Waals surface area contributed by atoms with E-state index in [2.05, 4.69) is 24.8 Å². The molecule has 0 aromatic rings. The highest BCUT2D eigenvalue weighted by atomic mass is 35.5. The monoisotopic (exact) mass is 210 g/mol. The largest absolute Gasteiger partial charge is 0.316 e. The third-order valence-electron chi connectivity index (χ3n) is 1.89. The molecule has 0 saturated heterocycles. The molecule has 1 unspecified atom stereocenters. The zero-order chi connectivity index (χ0) is 9.23. The van der Waals surface area contributed by atoms with Crippen LogP contribution < -0.4 is 0 Å². The topological polar surface area (TPSA) is 0 Å². The molecule has 0 amide bonds. The van der Waals surface area contributed by atoms with Crippen LogP contribution in [0.15, 0.2) is 12.7 Å². The summed E-state index contributed by atoms with van der Waals surface area (Å²) in [6, 6.07) is 0. The molecule has 0 aromatic heterocycles. The van der Waals surface area contributed by atoms with Crippen molar-refractivity contribution < 1.29 is 0 Å². The van der Waals surface area contributed by atoms with Gasteiger partial charge in [-0.15, -0.1) is 6.58 Å². The predicted octanol–water partition coefficient (Wildman–Crippen LogP) is 3.04. The maximum atomic E-state index is 5.31. The molecule has 0 N–H and O–H groups in total. The number of allylic oxidation sites excluding steroid dienone is 1. The van der Waals surface area contributed by atoms with Gasteiger partial charge < -0.3 is 0 Å². The van der Waals surface area contributed by atoms with E-state index in [-0.39, 0.29) is 23.1 Å². The van der Waals surface area contributed by atoms with Crippen LogP contribution in [0.5, 0.6) is 0 Å². The Kier molecular flexibility index (Phi) is 15.0. The highest BCUT2D eigenvalue weighted by molar-refractivity contribution is 6.30. The van der Waals surface area contributed by atoms with Crippen LogP contribution >= 0.6 is 11.6 Å². The van der Waals surface area contributed by atoms with E-state index in [0.717, 1.165) is 6.42 Å². The van der Waals surface area contributed by atoms with E-state index in [1.54, 1.807) is 0 Å². The van der Waals surface area contributed by atoms with Gasteiger partial charge in [-0.05, 0) is 18.0 Å². The molecule has 0 saturated carbocycles. The molecule has 0 rings (SSSR count). The molecule has 0 aliphatic heterocycles. The summed E-state index contributed by atoms with van der Waals surface area (Å²) in [4.78, 5) is 0. The van der Waals surface area contributed by atoms with Crippen molar-refractivity contribution >= 4 is 34.7 Å². The summed E-state index contributed by atoms with van der Waals surface area (Å²) in [5.41, 5.74) is 0. The second kappa shape index (κ2) is 12.4. The van der Waals surface area contributed by atoms with Crippen LogP contribution in [0.1, 0.15) is 39.0 Å². The molecule has 2 heteroatoms. The van der Waals surface area contributed by atoms with Crippen molar-refractivity contribution in [1.82, 2.24) is 0 Å². The normalized spacial score (nSPS) is 10.6. The van der Waals surface area contributed by atoms with Crippen molar-refractivity contribution in [2.24, 2.45) is 5.92 Å². The van der Waals surface area contributed by atoms with E-state index < -0.39 is 0 Å². The van der Waals surface area contributed by atoms with Gasteiger partial charge in [0.1, 0.15) is 0 Å². The number of unbranched alkanes of at least 4 members (excludes halogenated alkanes) is 3. The quantitative estimate of drug-likeness (QED) is 0.274. The summed E-state index contributed by atoms with van der Waals surface area (Å²) >= 11 is 5.31. The summed E-state index contributed by atoms with van der Waals surface area (Å²) in [5.74, 6) is 3.20. The Morgan fingerprint density at radius 1 is 1.38 bits per heavy atom. The third-order valence-corrected chi connectivity index (χ3v) is 2.00. The van der Waals surface area contributed by atoms with Crippen molar-refractivity contribution in [3.8, 4) is 11.3 Å². The van der Waals surface area contributed by atoms with E-state index in [4.69, 9.17) is 11.6 Å². The average Bonchev–Trinajstić information content (AvgIpc) is 2.10. The zero-order valence-electron chi connectivity index (χ0n) is 7.78. The van der Waals surface area contributed by atoms with Crippen LogP contribution in [-0.4, -0.2) is 23.1 Å². The lowest BCUT2D eigenvalue weighted by molar-refractivity contribution is 0.599. The van der Waals surface area contributed by atoms with Crippen molar-refractivity contribution in [3.05, 3.63) is 12.7 Å². The van der Waals surface area contributed by atoms with E-state index in [0.29, 0.717) is 5.92 Å². The molecule has 0 radical (unpaired) electrons. The lowest BCUT2D eigenvalue weighted by Crippen LogP contribution is -1.91. The Labute approximate surface area is 103 Å². The van der Waals surface area contributed by atoms with Crippen LogP contribution in [0.25, 0.3) is 0 Å². The molecular weight excluding hydrogens is 192 g/mol. The van der Waals surface area contributed by atoms with Gasteiger partial charge in [-0.3, -0.25) is 0 Å². The number of hydrogen-bond acceptors (Lipinski definition) is 0. The van der Waals surface area contributed by atoms with Gasteiger partial charge in [-0.1, -0.05) is 44.6 Å². The van der Waals surface area contributed by atoms with Gasteiger partial charge in [0, 0.05) is 11.3 Å². The Morgan fingerprint density at radius 3 is 2.54 bits per heavy atom. The number of halogens is 1. The van der Waals surface area contributed by atoms with Crippen molar-refractivity contribution in [3.63, 3.8) is 0 Å². The van der Waals surface area contributed by atoms with E-state index in [1.165, 1.54) is 25.7 Å². The number of rotatable bonds is 6. The average molecular weight is 211 g/mol. The molecule has 0 aromatic carbocycles. The summed E-state index contributed by atoms with van der Waals surface area (Å²) in [7, 11) is 0. The first kappa shape index (κ1) is 15.8. The molecule has 0 aliphatic rings. The lowest BCUT2D eigenvalue weighted by Gasteiger charge is -2.03. The maximum Gasteiger partial charge on any atom is 0.316 e. The fourth-order valence-corrected chi connectivity index (χ4v) is 1.25. The smallest absolute Gasteiger partial charge is 0.102 e. The Morgan fingerprint density at radius 2 is 2.08 bits per heavy atom. The molecule has 0 spiro atoms. The van der Waals surface area contributed by atoms with E-state index >= 15 is 0 Å². The minimum atomic E-state index is 0. The standard InChI is InChI=1S/C11H17Cl.Mg.2H/c1-3-5-6-7-8-11(4-2)9-10-12;;;/h4,11H,2-3,5-8H2,1H3;;;. The van der Waals surface area contributed by atoms with E-state index in [9.17, 15) is 0 Å². The van der Waals surface area contributed by atoms with Crippen LogP contribution in [-0.2, 0) is 0 Å². The molecule has 0 aliphatic carbocycles. The highest BCUT2D eigenvalue weighted by Crippen LogP contribution is 2.10. The van der Waals surface area contributed by atoms with Crippen LogP contribution in [0.4, 0.5) is 0 Å². The Bertz CT molecular complexity index is 167. The lowest BCUT2D eigenvalue weighted by atomic mass is 10.0. The Balaban J connectivity index is 0. The highest BCUT2D eigenvalue weighted by Gasteiger charge is 1.98. The SMILES string of the molecule is C=CC(C#CCl)CCCCCC.[MgH2]. The first-order chi connectivity index (χ1) is 5.85. The second-order valence-corrected chi connectivity index (χ2v) is 3.12. The second-order valence-electron chi connectivity index (χ2n) is 2.93. The number of hydrogen-bond donors (Lipinski definition) is 0. The summed E-state index contributed by atoms with van der Waals surface area (Å²) in [6.07, 6.45) is 8.10. The van der Waals surface area contributed by atoms with Crippen LogP contribution in [0.3, 0.4) is 0 Å². The van der Waals surface area contributed by atoms with Crippen LogP contribution in [0, 0.1) is 17.2 Å². The minimum absolute atomic E-state index is 0. The van der Waals surface area contributed by atoms with Crippen LogP contribution in [0.2, 0.25) is 0 Å². The van der Waals surface area contributed by atoms with Gasteiger partial charge in [0.15, 0.2) is 0 Å². The molecule has 13 heavy (non-hydrogen) atoms. The molecule has 0 bridgehead atoms. The van der Waals surface area contributed by atoms with Gasteiger partial charge in [-0.2, -0.15) is 0 Å². The van der Waals surface area contributed by atoms with Crippen molar-refractivity contribution in [2.75, 3.05) is 0 Å². The third kappa shape index (κ3) is 10.3. The van der Waals surface area contributed by atoms with Gasteiger partial charge in [-0.25, -0.2) is 0 Å². The summed E-state index contributed by atoms with van der Waals surface area (Å²) in [5, 5.41) is 2.41. The van der Waals surface area contributed by atoms with E-state index in [1.807, 2.05) is 6.08 Å². The molecule has 0 heterocycles. The summed E-state index contributed by atoms with van der Waals surface area (Å²) in [6.45, 7) is 5.93. The fourth-order valence-electron chi connectivity index (χ4n) is 1.11. The predicted molar refractivity (Wildman–Crippen MR) is 64.6 cm³/mol. The Hall–Kier alpha value is 0.356. The summed E-state index contributed by atoms with van der Waals surface area (Å²) < 4.78 is 0. The van der Waals surface area contributed by atoms with Crippen molar-refractivity contribution in [2.45, 2.75) is 39.0 Å². The first-order valence-corrected chi connectivity index (χ1v) is 4.96. The molecule has 0 nitrogen and oxygen atoms in total. The molecular formula is C11H19ClMg. The maximum absolute atomic E-state index is 5.31. The van der Waals surface area contributed by atoms with Gasteiger partial charge >= 0.3 is 23.1 Å². The molecule has 72 valence electrons. The van der Waals surface area contributed by atoms with Gasteiger partial charge in [0.2, 0.25) is 0 Å². The fraction of sp³-hybridized carbons (Fsp3) is 0.636. The first-order valence-electron chi connectivity index (χ1n) is 4.58. The molecule has 1 atom stereocenters. The van der Waals surface area contributed by atoms with Gasteiger partial charge in [0.25, 0.3) is 0 Å². The van der Waals surface area contributed by atoms with Crippen molar-refractivity contribution in [1.29, 1.82) is 0 Å². The zero-order valence-corrected chi connectivity index (χ0v) is 8.53. The van der Waals surface area contributed by atoms with Gasteiger partial charge in [0.05, 0.1) is 0 Å². The minimum Gasteiger partial charge on any atom is -0.102 e.